The van der Waals surface area contributed by atoms with Gasteiger partial charge in [-0.3, -0.25) is 4.90 Å². The molecule has 18 heavy (non-hydrogen) atoms. The van der Waals surface area contributed by atoms with E-state index in [1.54, 1.807) is 12.1 Å². The highest BCUT2D eigenvalue weighted by Gasteiger charge is 2.23. The number of pyridine rings is 1. The number of hydrogen-bond donors (Lipinski definition) is 0. The van der Waals surface area contributed by atoms with Gasteiger partial charge in [0.25, 0.3) is 5.95 Å². The molecule has 0 spiro atoms. The van der Waals surface area contributed by atoms with Crippen LogP contribution in [-0.4, -0.2) is 48.3 Å². The van der Waals surface area contributed by atoms with Gasteiger partial charge in [-0.25, -0.2) is 4.98 Å². The van der Waals surface area contributed by atoms with Crippen molar-refractivity contribution in [1.29, 1.82) is 0 Å². The molecule has 1 aliphatic rings. The minimum Gasteiger partial charge on any atom is -0.486 e. The van der Waals surface area contributed by atoms with Crippen LogP contribution in [0.5, 0.6) is 5.75 Å². The van der Waals surface area contributed by atoms with Gasteiger partial charge in [0.05, 0.1) is 6.61 Å². The number of morpholine rings is 1. The number of ether oxygens (including phenoxy) is 2. The summed E-state index contributed by atoms with van der Waals surface area (Å²) in [6.45, 7) is 7.12. The molecular weight excluding hydrogens is 235 g/mol. The maximum Gasteiger partial charge on any atom is 0.255 e. The number of nitrogens with zero attached hydrogens (tertiary/aromatic N) is 2. The van der Waals surface area contributed by atoms with Crippen LogP contribution in [0, 0.1) is 5.95 Å². The Kier molecular flexibility index (Phi) is 4.49. The van der Waals surface area contributed by atoms with E-state index in [2.05, 4.69) is 23.7 Å². The molecule has 0 radical (unpaired) electrons. The van der Waals surface area contributed by atoms with Crippen molar-refractivity contribution < 1.29 is 13.9 Å². The predicted octanol–water partition coefficient (Wildman–Crippen LogP) is 1.71. The molecule has 1 fully saturated rings. The van der Waals surface area contributed by atoms with Crippen molar-refractivity contribution in [2.45, 2.75) is 26.0 Å². The number of aromatic nitrogens is 1. The number of hydrogen-bond acceptors (Lipinski definition) is 4. The average Bonchev–Trinajstić information content (AvgIpc) is 2.38. The third-order valence-electron chi connectivity index (χ3n) is 3.05. The van der Waals surface area contributed by atoms with Gasteiger partial charge in [-0.2, -0.15) is 4.39 Å². The van der Waals surface area contributed by atoms with Crippen molar-refractivity contribution in [2.24, 2.45) is 0 Å². The molecule has 1 atom stereocenters. The molecule has 1 aliphatic heterocycles. The first-order valence-electron chi connectivity index (χ1n) is 6.26. The lowest BCUT2D eigenvalue weighted by Gasteiger charge is -2.35. The third kappa shape index (κ3) is 3.40. The minimum absolute atomic E-state index is 0.0132. The zero-order valence-electron chi connectivity index (χ0n) is 10.8. The van der Waals surface area contributed by atoms with Crippen LogP contribution in [-0.2, 0) is 4.74 Å². The van der Waals surface area contributed by atoms with E-state index in [0.29, 0.717) is 19.3 Å². The van der Waals surface area contributed by atoms with Crippen molar-refractivity contribution in [3.63, 3.8) is 0 Å². The highest BCUT2D eigenvalue weighted by Crippen LogP contribution is 2.15. The van der Waals surface area contributed by atoms with E-state index >= 15 is 0 Å². The SMILES string of the molecule is CC(C)N1CCOC(COc2cccnc2F)C1. The van der Waals surface area contributed by atoms with Crippen molar-refractivity contribution in [3.05, 3.63) is 24.3 Å². The Hall–Kier alpha value is -1.20. The van der Waals surface area contributed by atoms with E-state index in [9.17, 15) is 4.39 Å². The van der Waals surface area contributed by atoms with E-state index in [4.69, 9.17) is 9.47 Å². The van der Waals surface area contributed by atoms with Crippen molar-refractivity contribution in [3.8, 4) is 5.75 Å². The first-order valence-corrected chi connectivity index (χ1v) is 6.26. The molecule has 0 saturated carbocycles. The fourth-order valence-corrected chi connectivity index (χ4v) is 1.97. The third-order valence-corrected chi connectivity index (χ3v) is 3.05. The van der Waals surface area contributed by atoms with Crippen LogP contribution in [0.3, 0.4) is 0 Å². The standard InChI is InChI=1S/C13H19FN2O2/c1-10(2)16-6-7-17-11(8-16)9-18-12-4-3-5-15-13(12)14/h3-5,10-11H,6-9H2,1-2H3. The summed E-state index contributed by atoms with van der Waals surface area (Å²) >= 11 is 0. The second kappa shape index (κ2) is 6.11. The summed E-state index contributed by atoms with van der Waals surface area (Å²) in [5.74, 6) is -0.392. The maximum absolute atomic E-state index is 13.3. The van der Waals surface area contributed by atoms with Crippen molar-refractivity contribution in [2.75, 3.05) is 26.3 Å². The first kappa shape index (κ1) is 13.2. The van der Waals surface area contributed by atoms with Crippen LogP contribution < -0.4 is 4.74 Å². The molecule has 0 bridgehead atoms. The molecule has 5 heteroatoms. The molecule has 0 aliphatic carbocycles. The van der Waals surface area contributed by atoms with Crippen LogP contribution in [0.15, 0.2) is 18.3 Å². The van der Waals surface area contributed by atoms with Gasteiger partial charge in [0.1, 0.15) is 12.7 Å². The van der Waals surface area contributed by atoms with Crippen molar-refractivity contribution >= 4 is 0 Å². The summed E-state index contributed by atoms with van der Waals surface area (Å²) in [4.78, 5) is 5.87. The summed E-state index contributed by atoms with van der Waals surface area (Å²) in [5, 5.41) is 0. The zero-order chi connectivity index (χ0) is 13.0. The lowest BCUT2D eigenvalue weighted by Crippen LogP contribution is -2.47. The van der Waals surface area contributed by atoms with Crippen LogP contribution in [0.2, 0.25) is 0 Å². The topological polar surface area (TPSA) is 34.6 Å². The Morgan fingerprint density at radius 3 is 3.17 bits per heavy atom. The fourth-order valence-electron chi connectivity index (χ4n) is 1.97. The van der Waals surface area contributed by atoms with Crippen LogP contribution in [0.4, 0.5) is 4.39 Å². The van der Waals surface area contributed by atoms with Crippen molar-refractivity contribution in [1.82, 2.24) is 9.88 Å². The molecule has 0 N–H and O–H groups in total. The molecule has 1 aromatic rings. The summed E-state index contributed by atoms with van der Waals surface area (Å²) < 4.78 is 24.3. The van der Waals surface area contributed by atoms with Crippen LogP contribution >= 0.6 is 0 Å². The van der Waals surface area contributed by atoms with Gasteiger partial charge in [0, 0.05) is 25.3 Å². The van der Waals surface area contributed by atoms with Crippen LogP contribution in [0.25, 0.3) is 0 Å². The normalized spacial score (nSPS) is 21.2. The Bertz CT molecular complexity index is 387. The Balaban J connectivity index is 1.85. The Morgan fingerprint density at radius 1 is 1.61 bits per heavy atom. The van der Waals surface area contributed by atoms with Crippen LogP contribution in [0.1, 0.15) is 13.8 Å². The second-order valence-electron chi connectivity index (χ2n) is 4.68. The molecule has 4 nitrogen and oxygen atoms in total. The predicted molar refractivity (Wildman–Crippen MR) is 66.1 cm³/mol. The van der Waals surface area contributed by atoms with E-state index in [-0.39, 0.29) is 11.9 Å². The van der Waals surface area contributed by atoms with Gasteiger partial charge < -0.3 is 9.47 Å². The number of rotatable bonds is 4. The highest BCUT2D eigenvalue weighted by molar-refractivity contribution is 5.17. The molecular formula is C13H19FN2O2. The molecule has 2 heterocycles. The first-order chi connectivity index (χ1) is 8.66. The van der Waals surface area contributed by atoms with Gasteiger partial charge in [-0.15, -0.1) is 0 Å². The Morgan fingerprint density at radius 2 is 2.44 bits per heavy atom. The molecule has 0 aromatic carbocycles. The summed E-state index contributed by atoms with van der Waals surface area (Å²) in [5.41, 5.74) is 0. The van der Waals surface area contributed by atoms with Gasteiger partial charge in [-0.05, 0) is 26.0 Å². The summed E-state index contributed by atoms with van der Waals surface area (Å²) in [7, 11) is 0. The molecule has 1 unspecified atom stereocenters. The maximum atomic E-state index is 13.3. The summed E-state index contributed by atoms with van der Waals surface area (Å²) in [6, 6.07) is 3.72. The quantitative estimate of drug-likeness (QED) is 0.766. The molecule has 1 aromatic heterocycles. The van der Waals surface area contributed by atoms with E-state index in [1.165, 1.54) is 6.20 Å². The monoisotopic (exact) mass is 254 g/mol. The highest BCUT2D eigenvalue weighted by atomic mass is 19.1. The average molecular weight is 254 g/mol. The van der Waals surface area contributed by atoms with E-state index in [0.717, 1.165) is 13.1 Å². The van der Waals surface area contributed by atoms with E-state index in [1.807, 2.05) is 0 Å². The lowest BCUT2D eigenvalue weighted by molar-refractivity contribution is -0.0569. The molecule has 1 saturated heterocycles. The van der Waals surface area contributed by atoms with Gasteiger partial charge in [0.15, 0.2) is 5.75 Å². The van der Waals surface area contributed by atoms with Gasteiger partial charge in [-0.1, -0.05) is 0 Å². The van der Waals surface area contributed by atoms with Gasteiger partial charge in [0.2, 0.25) is 0 Å². The van der Waals surface area contributed by atoms with Gasteiger partial charge >= 0.3 is 0 Å². The zero-order valence-corrected chi connectivity index (χ0v) is 10.8. The second-order valence-corrected chi connectivity index (χ2v) is 4.68. The summed E-state index contributed by atoms with van der Waals surface area (Å²) in [6.07, 6.45) is 1.39. The molecule has 100 valence electrons. The smallest absolute Gasteiger partial charge is 0.255 e. The fraction of sp³-hybridized carbons (Fsp3) is 0.615. The Labute approximate surface area is 107 Å². The van der Waals surface area contributed by atoms with E-state index < -0.39 is 5.95 Å². The largest absolute Gasteiger partial charge is 0.486 e. The lowest BCUT2D eigenvalue weighted by atomic mass is 10.2. The number of halogens is 1. The minimum atomic E-state index is -0.575. The molecule has 0 amide bonds. The molecule has 2 rings (SSSR count).